The van der Waals surface area contributed by atoms with Crippen LogP contribution in [0.1, 0.15) is 43.3 Å². The van der Waals surface area contributed by atoms with Gasteiger partial charge in [-0.15, -0.1) is 0 Å². The average molecular weight is 353 g/mol. The molecule has 1 aromatic carbocycles. The monoisotopic (exact) mass is 352 g/mol. The minimum atomic E-state index is 0.230. The summed E-state index contributed by atoms with van der Waals surface area (Å²) in [5.41, 5.74) is 2.00. The molecule has 5 heteroatoms. The Morgan fingerprint density at radius 1 is 1.38 bits per heavy atom. The van der Waals surface area contributed by atoms with Gasteiger partial charge in [0.2, 0.25) is 0 Å². The van der Waals surface area contributed by atoms with Crippen LogP contribution in [0.2, 0.25) is 0 Å². The van der Waals surface area contributed by atoms with Crippen LogP contribution in [0.5, 0.6) is 5.75 Å². The predicted octanol–water partition coefficient (Wildman–Crippen LogP) is 4.39. The molecule has 2 rings (SSSR count). The van der Waals surface area contributed by atoms with Crippen molar-refractivity contribution in [1.29, 1.82) is 0 Å². The molecule has 0 aliphatic rings. The van der Waals surface area contributed by atoms with Crippen LogP contribution in [0, 0.1) is 6.92 Å². The van der Waals surface area contributed by atoms with Crippen molar-refractivity contribution in [2.75, 3.05) is 6.54 Å². The molecule has 1 atom stereocenters. The lowest BCUT2D eigenvalue weighted by Gasteiger charge is -2.18. The summed E-state index contributed by atoms with van der Waals surface area (Å²) in [6.07, 6.45) is 1.10. The van der Waals surface area contributed by atoms with Crippen LogP contribution in [-0.2, 0) is 6.61 Å². The number of nitrogens with one attached hydrogen (secondary N) is 1. The van der Waals surface area contributed by atoms with Gasteiger partial charge in [0, 0.05) is 22.1 Å². The van der Waals surface area contributed by atoms with Gasteiger partial charge in [-0.05, 0) is 45.0 Å². The molecule has 1 unspecified atom stereocenters. The molecule has 0 fully saturated rings. The summed E-state index contributed by atoms with van der Waals surface area (Å²) >= 11 is 3.52. The smallest absolute Gasteiger partial charge is 0.174 e. The Balaban J connectivity index is 2.10. The predicted molar refractivity (Wildman–Crippen MR) is 86.4 cm³/mol. The molecular formula is C16H21BrN2O2. The van der Waals surface area contributed by atoms with Crippen LogP contribution in [0.3, 0.4) is 0 Å². The largest absolute Gasteiger partial charge is 0.485 e. The lowest BCUT2D eigenvalue weighted by Crippen LogP contribution is -2.20. The van der Waals surface area contributed by atoms with Crippen molar-refractivity contribution in [3.8, 4) is 5.75 Å². The Bertz CT molecular complexity index is 583. The zero-order valence-corrected chi connectivity index (χ0v) is 14.2. The van der Waals surface area contributed by atoms with Crippen molar-refractivity contribution >= 4 is 15.9 Å². The molecule has 1 heterocycles. The van der Waals surface area contributed by atoms with Gasteiger partial charge in [-0.3, -0.25) is 0 Å². The minimum absolute atomic E-state index is 0.230. The fourth-order valence-electron chi connectivity index (χ4n) is 2.09. The van der Waals surface area contributed by atoms with Crippen molar-refractivity contribution in [2.45, 2.75) is 39.8 Å². The summed E-state index contributed by atoms with van der Waals surface area (Å²) in [5.74, 6) is 1.60. The van der Waals surface area contributed by atoms with Crippen LogP contribution < -0.4 is 10.1 Å². The number of aromatic nitrogens is 1. The van der Waals surface area contributed by atoms with Gasteiger partial charge < -0.3 is 14.6 Å². The normalized spacial score (nSPS) is 12.4. The molecule has 2 aromatic rings. The summed E-state index contributed by atoms with van der Waals surface area (Å²) in [4.78, 5) is 0. The van der Waals surface area contributed by atoms with E-state index in [0.717, 1.165) is 40.2 Å². The first-order valence-electron chi connectivity index (χ1n) is 7.18. The van der Waals surface area contributed by atoms with Crippen LogP contribution in [0.4, 0.5) is 0 Å². The molecular weight excluding hydrogens is 332 g/mol. The highest BCUT2D eigenvalue weighted by atomic mass is 79.9. The highest BCUT2D eigenvalue weighted by Crippen LogP contribution is 2.29. The first-order valence-corrected chi connectivity index (χ1v) is 7.97. The Kier molecular flexibility index (Phi) is 5.82. The van der Waals surface area contributed by atoms with Gasteiger partial charge in [0.25, 0.3) is 0 Å². The maximum absolute atomic E-state index is 5.90. The van der Waals surface area contributed by atoms with Crippen molar-refractivity contribution in [1.82, 2.24) is 10.5 Å². The van der Waals surface area contributed by atoms with E-state index < -0.39 is 0 Å². The van der Waals surface area contributed by atoms with Gasteiger partial charge in [-0.1, -0.05) is 28.0 Å². The second-order valence-electron chi connectivity index (χ2n) is 5.08. The summed E-state index contributed by atoms with van der Waals surface area (Å²) in [7, 11) is 0. The first kappa shape index (κ1) is 16.0. The number of benzene rings is 1. The number of aryl methyl sites for hydroxylation is 1. The van der Waals surface area contributed by atoms with Gasteiger partial charge in [-0.2, -0.15) is 0 Å². The van der Waals surface area contributed by atoms with E-state index in [1.165, 1.54) is 0 Å². The molecule has 0 saturated heterocycles. The Morgan fingerprint density at radius 2 is 2.19 bits per heavy atom. The van der Waals surface area contributed by atoms with E-state index in [-0.39, 0.29) is 6.04 Å². The van der Waals surface area contributed by atoms with E-state index in [0.29, 0.717) is 6.61 Å². The van der Waals surface area contributed by atoms with Crippen molar-refractivity contribution in [2.24, 2.45) is 0 Å². The number of rotatable bonds is 7. The van der Waals surface area contributed by atoms with Crippen LogP contribution in [0.15, 0.2) is 33.3 Å². The molecule has 1 aromatic heterocycles. The molecule has 0 saturated carbocycles. The molecule has 0 amide bonds. The number of hydrogen-bond donors (Lipinski definition) is 1. The Morgan fingerprint density at radius 3 is 2.86 bits per heavy atom. The van der Waals surface area contributed by atoms with Crippen LogP contribution in [0.25, 0.3) is 0 Å². The van der Waals surface area contributed by atoms with E-state index in [4.69, 9.17) is 9.26 Å². The van der Waals surface area contributed by atoms with Crippen molar-refractivity contribution < 1.29 is 9.26 Å². The zero-order valence-electron chi connectivity index (χ0n) is 12.6. The molecule has 0 aliphatic carbocycles. The highest BCUT2D eigenvalue weighted by Gasteiger charge is 2.13. The topological polar surface area (TPSA) is 47.3 Å². The number of ether oxygens (including phenoxy) is 1. The van der Waals surface area contributed by atoms with Crippen LogP contribution >= 0.6 is 15.9 Å². The van der Waals surface area contributed by atoms with E-state index >= 15 is 0 Å². The quantitative estimate of drug-likeness (QED) is 0.802. The molecule has 0 spiro atoms. The lowest BCUT2D eigenvalue weighted by molar-refractivity contribution is 0.245. The number of nitrogens with zero attached hydrogens (tertiary/aromatic N) is 1. The second-order valence-corrected chi connectivity index (χ2v) is 6.00. The molecule has 114 valence electrons. The van der Waals surface area contributed by atoms with E-state index in [2.05, 4.69) is 46.3 Å². The van der Waals surface area contributed by atoms with Crippen LogP contribution in [-0.4, -0.2) is 11.7 Å². The third-order valence-electron chi connectivity index (χ3n) is 3.19. The fourth-order valence-corrected chi connectivity index (χ4v) is 2.47. The first-order chi connectivity index (χ1) is 10.1. The van der Waals surface area contributed by atoms with Gasteiger partial charge >= 0.3 is 0 Å². The Hall–Kier alpha value is -1.33. The van der Waals surface area contributed by atoms with Crippen molar-refractivity contribution in [3.63, 3.8) is 0 Å². The maximum atomic E-state index is 5.90. The standard InChI is InChI=1S/C16H21BrN2O2/c1-4-7-18-12(3)15-9-13(17)5-6-16(15)20-10-14-8-11(2)19-21-14/h5-6,8-9,12,18H,4,7,10H2,1-3H3. The summed E-state index contributed by atoms with van der Waals surface area (Å²) in [5, 5.41) is 7.35. The lowest BCUT2D eigenvalue weighted by atomic mass is 10.1. The van der Waals surface area contributed by atoms with Gasteiger partial charge in [0.1, 0.15) is 12.4 Å². The summed E-state index contributed by atoms with van der Waals surface area (Å²) < 4.78 is 12.1. The summed E-state index contributed by atoms with van der Waals surface area (Å²) in [6.45, 7) is 7.56. The van der Waals surface area contributed by atoms with Crippen molar-refractivity contribution in [3.05, 3.63) is 45.8 Å². The maximum Gasteiger partial charge on any atom is 0.174 e. The third kappa shape index (κ3) is 4.58. The minimum Gasteiger partial charge on any atom is -0.485 e. The summed E-state index contributed by atoms with van der Waals surface area (Å²) in [6, 6.07) is 8.17. The van der Waals surface area contributed by atoms with E-state index in [1.54, 1.807) is 0 Å². The van der Waals surface area contributed by atoms with E-state index in [9.17, 15) is 0 Å². The average Bonchev–Trinajstić information content (AvgIpc) is 2.89. The van der Waals surface area contributed by atoms with Gasteiger partial charge in [-0.25, -0.2) is 0 Å². The number of halogens is 1. The highest BCUT2D eigenvalue weighted by molar-refractivity contribution is 9.10. The third-order valence-corrected chi connectivity index (χ3v) is 3.68. The SMILES string of the molecule is CCCNC(C)c1cc(Br)ccc1OCc1cc(C)no1. The zero-order chi connectivity index (χ0) is 15.2. The molecule has 0 radical (unpaired) electrons. The molecule has 0 bridgehead atoms. The molecule has 0 aliphatic heterocycles. The fraction of sp³-hybridized carbons (Fsp3) is 0.438. The molecule has 1 N–H and O–H groups in total. The molecule has 4 nitrogen and oxygen atoms in total. The van der Waals surface area contributed by atoms with E-state index in [1.807, 2.05) is 25.1 Å². The van der Waals surface area contributed by atoms with Gasteiger partial charge in [0.15, 0.2) is 5.76 Å². The number of hydrogen-bond acceptors (Lipinski definition) is 4. The molecule has 21 heavy (non-hydrogen) atoms. The second kappa shape index (κ2) is 7.61. The van der Waals surface area contributed by atoms with Gasteiger partial charge in [0.05, 0.1) is 5.69 Å². The Labute approximate surface area is 134 Å².